The summed E-state index contributed by atoms with van der Waals surface area (Å²) in [7, 11) is 0. The van der Waals surface area contributed by atoms with E-state index in [0.717, 1.165) is 31.3 Å². The van der Waals surface area contributed by atoms with Gasteiger partial charge in [-0.05, 0) is 43.3 Å². The molecular formula is C21H26O4. The van der Waals surface area contributed by atoms with Crippen LogP contribution < -0.4 is 0 Å². The molecule has 1 saturated heterocycles. The average Bonchev–Trinajstić information content (AvgIpc) is 3.15. The first kappa shape index (κ1) is 16.0. The molecule has 4 heteroatoms. The van der Waals surface area contributed by atoms with Crippen LogP contribution in [0, 0.1) is 28.6 Å². The van der Waals surface area contributed by atoms with Crippen molar-refractivity contribution in [2.75, 3.05) is 13.2 Å². The van der Waals surface area contributed by atoms with Gasteiger partial charge in [-0.25, -0.2) is 0 Å². The van der Waals surface area contributed by atoms with Crippen molar-refractivity contribution < 1.29 is 19.1 Å². The smallest absolute Gasteiger partial charge is 0.178 e. The highest BCUT2D eigenvalue weighted by Crippen LogP contribution is 2.67. The van der Waals surface area contributed by atoms with Crippen molar-refractivity contribution >= 4 is 11.6 Å². The molecule has 0 bridgehead atoms. The molecule has 134 valence electrons. The molecule has 25 heavy (non-hydrogen) atoms. The van der Waals surface area contributed by atoms with Crippen LogP contribution in [0.4, 0.5) is 0 Å². The van der Waals surface area contributed by atoms with Crippen LogP contribution in [0.15, 0.2) is 23.8 Å². The van der Waals surface area contributed by atoms with Crippen LogP contribution in [-0.2, 0) is 19.1 Å². The largest absolute Gasteiger partial charge is 0.347 e. The van der Waals surface area contributed by atoms with E-state index >= 15 is 0 Å². The maximum absolute atomic E-state index is 13.4. The second-order valence-electron chi connectivity index (χ2n) is 9.02. The number of allylic oxidation sites excluding steroid dienone is 4. The first-order chi connectivity index (χ1) is 11.9. The molecular weight excluding hydrogens is 316 g/mol. The van der Waals surface area contributed by atoms with E-state index in [-0.39, 0.29) is 22.5 Å². The number of ketones is 2. The third-order valence-corrected chi connectivity index (χ3v) is 8.06. The molecule has 1 heterocycles. The summed E-state index contributed by atoms with van der Waals surface area (Å²) in [6.07, 6.45) is 9.86. The van der Waals surface area contributed by atoms with Gasteiger partial charge in [-0.1, -0.05) is 25.5 Å². The zero-order valence-corrected chi connectivity index (χ0v) is 15.0. The van der Waals surface area contributed by atoms with Gasteiger partial charge in [-0.15, -0.1) is 0 Å². The Kier molecular flexibility index (Phi) is 3.14. The SMILES string of the molecule is C[C@]12C=CC(=O)C=C1CC[C@@H]1[C@@H]2C(=O)C[C@@]2(C)[C@H]1CCC21OCCO1. The fraction of sp³-hybridized carbons (Fsp3) is 0.714. The fourth-order valence-electron chi connectivity index (χ4n) is 6.91. The van der Waals surface area contributed by atoms with E-state index in [1.54, 1.807) is 12.2 Å². The number of carbonyl (C=O) groups excluding carboxylic acids is 2. The summed E-state index contributed by atoms with van der Waals surface area (Å²) in [5.74, 6) is 0.652. The van der Waals surface area contributed by atoms with E-state index in [9.17, 15) is 9.59 Å². The average molecular weight is 342 g/mol. The van der Waals surface area contributed by atoms with Crippen molar-refractivity contribution in [3.63, 3.8) is 0 Å². The van der Waals surface area contributed by atoms with Crippen LogP contribution in [0.2, 0.25) is 0 Å². The summed E-state index contributed by atoms with van der Waals surface area (Å²) in [5.41, 5.74) is 0.648. The van der Waals surface area contributed by atoms with E-state index in [1.807, 2.05) is 6.08 Å². The van der Waals surface area contributed by atoms with Crippen LogP contribution >= 0.6 is 0 Å². The molecule has 1 spiro atoms. The standard InChI is InChI=1S/C21H26O4/c1-19-7-5-14(22)11-13(19)3-4-15-16-6-8-21(24-9-10-25-21)20(16,2)12-17(23)18(15)19/h5,7,11,15-16,18H,3-4,6,8-10,12H2,1-2H3/t15-,16-,18+,19-,20-/m0/s1. The first-order valence-corrected chi connectivity index (χ1v) is 9.65. The monoisotopic (exact) mass is 342 g/mol. The first-order valence-electron chi connectivity index (χ1n) is 9.65. The molecule has 4 fully saturated rings. The van der Waals surface area contributed by atoms with Crippen molar-refractivity contribution in [3.05, 3.63) is 23.8 Å². The molecule has 0 amide bonds. The molecule has 3 saturated carbocycles. The minimum absolute atomic E-state index is 0.00789. The van der Waals surface area contributed by atoms with Gasteiger partial charge in [0.25, 0.3) is 0 Å². The molecule has 0 radical (unpaired) electrons. The molecule has 5 aliphatic rings. The zero-order valence-electron chi connectivity index (χ0n) is 15.0. The number of fused-ring (bicyclic) bond motifs is 6. The van der Waals surface area contributed by atoms with Gasteiger partial charge in [-0.3, -0.25) is 9.59 Å². The van der Waals surface area contributed by atoms with E-state index in [1.165, 1.54) is 0 Å². The molecule has 0 aromatic rings. The fourth-order valence-corrected chi connectivity index (χ4v) is 6.91. The summed E-state index contributed by atoms with van der Waals surface area (Å²) >= 11 is 0. The van der Waals surface area contributed by atoms with Gasteiger partial charge in [0.05, 0.1) is 13.2 Å². The second kappa shape index (κ2) is 4.92. The third kappa shape index (κ3) is 1.85. The van der Waals surface area contributed by atoms with Gasteiger partial charge < -0.3 is 9.47 Å². The maximum Gasteiger partial charge on any atom is 0.178 e. The van der Waals surface area contributed by atoms with E-state index in [0.29, 0.717) is 37.3 Å². The predicted octanol–water partition coefficient (Wildman–Crippen LogP) is 3.22. The highest BCUT2D eigenvalue weighted by molar-refractivity contribution is 6.01. The van der Waals surface area contributed by atoms with Crippen molar-refractivity contribution in [2.24, 2.45) is 28.6 Å². The van der Waals surface area contributed by atoms with E-state index in [4.69, 9.17) is 9.47 Å². The Morgan fingerprint density at radius 2 is 1.88 bits per heavy atom. The lowest BCUT2D eigenvalue weighted by molar-refractivity contribution is -0.238. The minimum Gasteiger partial charge on any atom is -0.347 e. The molecule has 0 aromatic carbocycles. The molecule has 5 rings (SSSR count). The number of Topliss-reactive ketones (excluding diaryl/α,β-unsaturated/α-hetero) is 1. The van der Waals surface area contributed by atoms with Crippen LogP contribution in [0.3, 0.4) is 0 Å². The second-order valence-corrected chi connectivity index (χ2v) is 9.02. The topological polar surface area (TPSA) is 52.6 Å². The van der Waals surface area contributed by atoms with Crippen molar-refractivity contribution in [1.82, 2.24) is 0 Å². The van der Waals surface area contributed by atoms with Crippen LogP contribution in [-0.4, -0.2) is 30.6 Å². The third-order valence-electron chi connectivity index (χ3n) is 8.06. The summed E-state index contributed by atoms with van der Waals surface area (Å²) in [6.45, 7) is 5.66. The molecule has 5 atom stereocenters. The van der Waals surface area contributed by atoms with Crippen molar-refractivity contribution in [3.8, 4) is 0 Å². The Labute approximate surface area is 148 Å². The summed E-state index contributed by atoms with van der Waals surface area (Å²) in [6, 6.07) is 0. The Morgan fingerprint density at radius 1 is 1.12 bits per heavy atom. The van der Waals surface area contributed by atoms with E-state index < -0.39 is 5.79 Å². The summed E-state index contributed by atoms with van der Waals surface area (Å²) in [5, 5.41) is 0. The number of ether oxygens (including phenoxy) is 2. The predicted molar refractivity (Wildman–Crippen MR) is 91.6 cm³/mol. The number of carbonyl (C=O) groups is 2. The van der Waals surface area contributed by atoms with E-state index in [2.05, 4.69) is 13.8 Å². The van der Waals surface area contributed by atoms with Crippen LogP contribution in [0.25, 0.3) is 0 Å². The lowest BCUT2D eigenvalue weighted by Gasteiger charge is -2.56. The lowest BCUT2D eigenvalue weighted by Crippen LogP contribution is -2.58. The van der Waals surface area contributed by atoms with Gasteiger partial charge in [0.2, 0.25) is 0 Å². The molecule has 0 aromatic heterocycles. The minimum atomic E-state index is -0.548. The quantitative estimate of drug-likeness (QED) is 0.678. The van der Waals surface area contributed by atoms with Crippen molar-refractivity contribution in [2.45, 2.75) is 51.7 Å². The zero-order chi connectivity index (χ0) is 17.4. The maximum atomic E-state index is 13.4. The Bertz CT molecular complexity index is 713. The number of rotatable bonds is 0. The Balaban J connectivity index is 1.56. The number of hydrogen-bond donors (Lipinski definition) is 0. The van der Waals surface area contributed by atoms with Gasteiger partial charge in [0, 0.05) is 29.6 Å². The molecule has 0 N–H and O–H groups in total. The van der Waals surface area contributed by atoms with Gasteiger partial charge >= 0.3 is 0 Å². The molecule has 4 nitrogen and oxygen atoms in total. The Hall–Kier alpha value is -1.26. The normalized spacial score (nSPS) is 47.4. The molecule has 4 aliphatic carbocycles. The highest BCUT2D eigenvalue weighted by atomic mass is 16.7. The summed E-state index contributed by atoms with van der Waals surface area (Å²) in [4.78, 5) is 25.2. The lowest BCUT2D eigenvalue weighted by atomic mass is 9.47. The van der Waals surface area contributed by atoms with Gasteiger partial charge in [0.15, 0.2) is 11.6 Å². The summed E-state index contributed by atoms with van der Waals surface area (Å²) < 4.78 is 12.2. The van der Waals surface area contributed by atoms with Gasteiger partial charge in [0.1, 0.15) is 5.78 Å². The Morgan fingerprint density at radius 3 is 2.64 bits per heavy atom. The van der Waals surface area contributed by atoms with Crippen LogP contribution in [0.5, 0.6) is 0 Å². The van der Waals surface area contributed by atoms with Gasteiger partial charge in [-0.2, -0.15) is 0 Å². The molecule has 1 aliphatic heterocycles. The van der Waals surface area contributed by atoms with Crippen LogP contribution in [0.1, 0.15) is 46.0 Å². The molecule has 0 unspecified atom stereocenters. The highest BCUT2D eigenvalue weighted by Gasteiger charge is 2.68. The number of hydrogen-bond acceptors (Lipinski definition) is 4. The van der Waals surface area contributed by atoms with Crippen molar-refractivity contribution in [1.29, 1.82) is 0 Å².